The Kier molecular flexibility index (Phi) is 1.73. The highest BCUT2D eigenvalue weighted by atomic mass is 32.1. The van der Waals surface area contributed by atoms with E-state index < -0.39 is 5.82 Å². The van der Waals surface area contributed by atoms with Gasteiger partial charge in [0, 0.05) is 15.0 Å². The highest BCUT2D eigenvalue weighted by Gasteiger charge is 2.09. The molecule has 0 aliphatic carbocycles. The Bertz CT molecular complexity index is 436. The number of phenolic OH excluding ortho intramolecular Hbond substituents is 1. The molecule has 1 nitrogen and oxygen atoms in total. The van der Waals surface area contributed by atoms with Gasteiger partial charge in [-0.2, -0.15) is 0 Å². The van der Waals surface area contributed by atoms with E-state index in [0.717, 1.165) is 4.70 Å². The molecule has 0 fully saturated rings. The number of phenols is 1. The molecule has 1 N–H and O–H groups in total. The number of thiophene rings is 1. The topological polar surface area (TPSA) is 20.2 Å². The van der Waals surface area contributed by atoms with Crippen molar-refractivity contribution in [3.63, 3.8) is 0 Å². The summed E-state index contributed by atoms with van der Waals surface area (Å²) in [5.41, 5.74) is 0. The van der Waals surface area contributed by atoms with Crippen LogP contribution >= 0.6 is 24.0 Å². The van der Waals surface area contributed by atoms with Crippen LogP contribution in [0.25, 0.3) is 10.1 Å². The van der Waals surface area contributed by atoms with E-state index in [4.69, 9.17) is 0 Å². The minimum Gasteiger partial charge on any atom is -0.504 e. The van der Waals surface area contributed by atoms with Gasteiger partial charge in [-0.05, 0) is 12.1 Å². The fourth-order valence-electron chi connectivity index (χ4n) is 1.07. The van der Waals surface area contributed by atoms with Gasteiger partial charge in [-0.15, -0.1) is 24.0 Å². The average Bonchev–Trinajstić information content (AvgIpc) is 2.41. The van der Waals surface area contributed by atoms with Crippen LogP contribution in [0.1, 0.15) is 0 Å². The summed E-state index contributed by atoms with van der Waals surface area (Å²) in [4.78, 5) is 0.618. The summed E-state index contributed by atoms with van der Waals surface area (Å²) in [6.45, 7) is 0. The van der Waals surface area contributed by atoms with E-state index in [9.17, 15) is 9.50 Å². The Balaban J connectivity index is 2.96. The first kappa shape index (κ1) is 7.89. The van der Waals surface area contributed by atoms with Gasteiger partial charge in [0.05, 0.1) is 5.39 Å². The molecule has 2 aromatic rings. The van der Waals surface area contributed by atoms with Gasteiger partial charge in [0.15, 0.2) is 11.6 Å². The Morgan fingerprint density at radius 2 is 2.17 bits per heavy atom. The van der Waals surface area contributed by atoms with Crippen LogP contribution in [-0.4, -0.2) is 5.11 Å². The molecule has 4 heteroatoms. The lowest BCUT2D eigenvalue weighted by Gasteiger charge is -1.96. The second-order valence-corrected chi connectivity index (χ2v) is 3.78. The van der Waals surface area contributed by atoms with Crippen LogP contribution in [-0.2, 0) is 0 Å². The van der Waals surface area contributed by atoms with Crippen molar-refractivity contribution in [2.45, 2.75) is 4.90 Å². The maximum atomic E-state index is 12.8. The Labute approximate surface area is 77.9 Å². The third-order valence-electron chi connectivity index (χ3n) is 1.64. The lowest BCUT2D eigenvalue weighted by Crippen LogP contribution is -1.75. The van der Waals surface area contributed by atoms with E-state index in [1.165, 1.54) is 17.4 Å². The first-order valence-corrected chi connectivity index (χ1v) is 4.60. The van der Waals surface area contributed by atoms with Crippen molar-refractivity contribution in [2.24, 2.45) is 0 Å². The Morgan fingerprint density at radius 3 is 2.92 bits per heavy atom. The molecule has 0 atom stereocenters. The van der Waals surface area contributed by atoms with Crippen molar-refractivity contribution in [1.82, 2.24) is 0 Å². The van der Waals surface area contributed by atoms with Crippen LogP contribution in [0, 0.1) is 5.82 Å². The van der Waals surface area contributed by atoms with Gasteiger partial charge in [-0.3, -0.25) is 0 Å². The van der Waals surface area contributed by atoms with E-state index in [0.29, 0.717) is 10.3 Å². The van der Waals surface area contributed by atoms with E-state index in [2.05, 4.69) is 12.6 Å². The second-order valence-electron chi connectivity index (χ2n) is 2.39. The SMILES string of the molecule is Oc1c(F)ccc2scc(S)c12. The van der Waals surface area contributed by atoms with Crippen LogP contribution in [0.2, 0.25) is 0 Å². The van der Waals surface area contributed by atoms with Gasteiger partial charge in [0.25, 0.3) is 0 Å². The molecule has 0 saturated carbocycles. The predicted molar refractivity (Wildman–Crippen MR) is 50.7 cm³/mol. The summed E-state index contributed by atoms with van der Waals surface area (Å²) >= 11 is 5.54. The zero-order valence-corrected chi connectivity index (χ0v) is 7.62. The van der Waals surface area contributed by atoms with Gasteiger partial charge in [-0.25, -0.2) is 4.39 Å². The number of aromatic hydroxyl groups is 1. The van der Waals surface area contributed by atoms with E-state index in [1.54, 1.807) is 11.4 Å². The van der Waals surface area contributed by atoms with Gasteiger partial charge in [0.1, 0.15) is 0 Å². The molecular weight excluding hydrogens is 195 g/mol. The Hall–Kier alpha value is -0.740. The highest BCUT2D eigenvalue weighted by molar-refractivity contribution is 7.80. The van der Waals surface area contributed by atoms with Gasteiger partial charge >= 0.3 is 0 Å². The van der Waals surface area contributed by atoms with Crippen LogP contribution in [0.4, 0.5) is 4.39 Å². The van der Waals surface area contributed by atoms with Gasteiger partial charge < -0.3 is 5.11 Å². The second kappa shape index (κ2) is 2.64. The molecule has 0 radical (unpaired) electrons. The minimum absolute atomic E-state index is 0.307. The third kappa shape index (κ3) is 0.990. The molecule has 1 aromatic heterocycles. The standard InChI is InChI=1S/C8H5FOS2/c9-4-1-2-6-7(8(4)10)5(11)3-12-6/h1-3,10-11H. The van der Waals surface area contributed by atoms with Crippen molar-refractivity contribution in [3.05, 3.63) is 23.3 Å². The zero-order chi connectivity index (χ0) is 8.72. The molecule has 0 saturated heterocycles. The van der Waals surface area contributed by atoms with Crippen LogP contribution in [0.15, 0.2) is 22.4 Å². The van der Waals surface area contributed by atoms with E-state index in [1.807, 2.05) is 0 Å². The summed E-state index contributed by atoms with van der Waals surface area (Å²) in [6, 6.07) is 2.89. The first-order valence-electron chi connectivity index (χ1n) is 3.28. The molecule has 1 heterocycles. The lowest BCUT2D eigenvalue weighted by atomic mass is 10.2. The summed E-state index contributed by atoms with van der Waals surface area (Å²) in [6.07, 6.45) is 0. The normalized spacial score (nSPS) is 10.8. The highest BCUT2D eigenvalue weighted by Crippen LogP contribution is 2.36. The molecule has 0 bridgehead atoms. The number of hydrogen-bond acceptors (Lipinski definition) is 3. The molecule has 0 spiro atoms. The molecule has 2 rings (SSSR count). The maximum absolute atomic E-state index is 12.8. The van der Waals surface area contributed by atoms with Crippen molar-refractivity contribution in [1.29, 1.82) is 0 Å². The number of rotatable bonds is 0. The fraction of sp³-hybridized carbons (Fsp3) is 0. The average molecular weight is 200 g/mol. The molecular formula is C8H5FOS2. The number of fused-ring (bicyclic) bond motifs is 1. The zero-order valence-electron chi connectivity index (χ0n) is 5.91. The number of thiol groups is 1. The monoisotopic (exact) mass is 200 g/mol. The van der Waals surface area contributed by atoms with E-state index >= 15 is 0 Å². The summed E-state index contributed by atoms with van der Waals surface area (Å²) in [7, 11) is 0. The first-order chi connectivity index (χ1) is 5.70. The number of hydrogen-bond donors (Lipinski definition) is 2. The molecule has 0 aliphatic heterocycles. The van der Waals surface area contributed by atoms with Gasteiger partial charge in [-0.1, -0.05) is 0 Å². The van der Waals surface area contributed by atoms with Crippen molar-refractivity contribution in [2.75, 3.05) is 0 Å². The molecule has 62 valence electrons. The van der Waals surface area contributed by atoms with E-state index in [-0.39, 0.29) is 5.75 Å². The summed E-state index contributed by atoms with van der Waals surface area (Å²) < 4.78 is 13.7. The fourth-order valence-corrected chi connectivity index (χ4v) is 2.36. The molecule has 0 unspecified atom stereocenters. The largest absolute Gasteiger partial charge is 0.504 e. The van der Waals surface area contributed by atoms with Crippen molar-refractivity contribution in [3.8, 4) is 5.75 Å². The smallest absolute Gasteiger partial charge is 0.165 e. The lowest BCUT2D eigenvalue weighted by molar-refractivity contribution is 0.438. The molecule has 1 aromatic carbocycles. The van der Waals surface area contributed by atoms with Gasteiger partial charge in [0.2, 0.25) is 0 Å². The van der Waals surface area contributed by atoms with Crippen LogP contribution < -0.4 is 0 Å². The Morgan fingerprint density at radius 1 is 1.42 bits per heavy atom. The molecule has 12 heavy (non-hydrogen) atoms. The minimum atomic E-state index is -0.601. The third-order valence-corrected chi connectivity index (χ3v) is 3.12. The molecule has 0 amide bonds. The van der Waals surface area contributed by atoms with Crippen LogP contribution in [0.5, 0.6) is 5.75 Å². The van der Waals surface area contributed by atoms with Crippen LogP contribution in [0.3, 0.4) is 0 Å². The quantitative estimate of drug-likeness (QED) is 0.626. The summed E-state index contributed by atoms with van der Waals surface area (Å²) in [5, 5.41) is 11.6. The number of benzene rings is 1. The van der Waals surface area contributed by atoms with Crippen molar-refractivity contribution < 1.29 is 9.50 Å². The maximum Gasteiger partial charge on any atom is 0.165 e. The number of halogens is 1. The van der Waals surface area contributed by atoms with Crippen molar-refractivity contribution >= 4 is 34.1 Å². The predicted octanol–water partition coefficient (Wildman–Crippen LogP) is 3.03. The molecule has 0 aliphatic rings. The summed E-state index contributed by atoms with van der Waals surface area (Å²) in [5.74, 6) is -0.907.